The van der Waals surface area contributed by atoms with Gasteiger partial charge in [0.15, 0.2) is 0 Å². The van der Waals surface area contributed by atoms with Crippen molar-refractivity contribution >= 4 is 5.97 Å². The lowest BCUT2D eigenvalue weighted by atomic mass is 10.0. The van der Waals surface area contributed by atoms with Crippen LogP contribution in [0.15, 0.2) is 11.6 Å². The summed E-state index contributed by atoms with van der Waals surface area (Å²) in [4.78, 5) is 12.6. The average molecular weight is 213 g/mol. The number of aliphatic hydroxyl groups excluding tert-OH is 1. The van der Waals surface area contributed by atoms with E-state index in [-0.39, 0.29) is 0 Å². The van der Waals surface area contributed by atoms with Crippen molar-refractivity contribution < 1.29 is 15.0 Å². The average Bonchev–Trinajstić information content (AvgIpc) is 2.16. The molecule has 1 fully saturated rings. The number of hydrogen-bond donors (Lipinski definition) is 2. The Morgan fingerprint density at radius 2 is 2.13 bits per heavy atom. The molecule has 0 amide bonds. The number of likely N-dealkylation sites (tertiary alicyclic amines) is 1. The van der Waals surface area contributed by atoms with Gasteiger partial charge < -0.3 is 10.2 Å². The van der Waals surface area contributed by atoms with Crippen molar-refractivity contribution in [2.75, 3.05) is 6.54 Å². The highest BCUT2D eigenvalue weighted by molar-refractivity contribution is 5.73. The molecule has 2 unspecified atom stereocenters. The summed E-state index contributed by atoms with van der Waals surface area (Å²) < 4.78 is 0. The predicted octanol–water partition coefficient (Wildman–Crippen LogP) is 1.21. The summed E-state index contributed by atoms with van der Waals surface area (Å²) in [6.45, 7) is 4.44. The fourth-order valence-electron chi connectivity index (χ4n) is 1.93. The topological polar surface area (TPSA) is 60.8 Å². The lowest BCUT2D eigenvalue weighted by molar-refractivity contribution is -0.149. The second-order valence-electron chi connectivity index (χ2n) is 4.25. The van der Waals surface area contributed by atoms with E-state index in [9.17, 15) is 9.90 Å². The number of piperidine rings is 1. The monoisotopic (exact) mass is 213 g/mol. The molecule has 2 N–H and O–H groups in total. The smallest absolute Gasteiger partial charge is 0.321 e. The van der Waals surface area contributed by atoms with Crippen molar-refractivity contribution in [2.45, 2.75) is 45.4 Å². The highest BCUT2D eigenvalue weighted by Gasteiger charge is 2.31. The summed E-state index contributed by atoms with van der Waals surface area (Å²) in [5.74, 6) is -0.837. The van der Waals surface area contributed by atoms with Crippen LogP contribution in [0.25, 0.3) is 0 Å². The highest BCUT2D eigenvalue weighted by atomic mass is 16.4. The van der Waals surface area contributed by atoms with Crippen molar-refractivity contribution in [3.8, 4) is 0 Å². The molecule has 1 rings (SSSR count). The van der Waals surface area contributed by atoms with E-state index >= 15 is 0 Å². The van der Waals surface area contributed by atoms with Crippen molar-refractivity contribution in [1.29, 1.82) is 0 Å². The van der Waals surface area contributed by atoms with Crippen LogP contribution in [0.4, 0.5) is 0 Å². The number of rotatable bonds is 3. The van der Waals surface area contributed by atoms with E-state index in [1.54, 1.807) is 11.0 Å². The standard InChI is InChI=1S/C11H19NO3/c1-8(2)7-10(13)12-6-4-3-5-9(12)11(14)15/h7,9-10,13H,3-6H2,1-2H3,(H,14,15). The maximum atomic E-state index is 11.0. The van der Waals surface area contributed by atoms with Crippen molar-refractivity contribution in [2.24, 2.45) is 0 Å². The molecule has 1 heterocycles. The van der Waals surface area contributed by atoms with Gasteiger partial charge in [0.2, 0.25) is 0 Å². The Bertz CT molecular complexity index is 259. The maximum absolute atomic E-state index is 11.0. The molecule has 1 aliphatic rings. The lowest BCUT2D eigenvalue weighted by Crippen LogP contribution is -2.49. The van der Waals surface area contributed by atoms with Crippen LogP contribution in [0.1, 0.15) is 33.1 Å². The number of carboxylic acids is 1. The minimum absolute atomic E-state index is 0.538. The molecule has 0 aliphatic carbocycles. The van der Waals surface area contributed by atoms with Gasteiger partial charge in [-0.25, -0.2) is 0 Å². The number of carboxylic acid groups (broad SMARTS) is 1. The second-order valence-corrected chi connectivity index (χ2v) is 4.25. The first-order valence-electron chi connectivity index (χ1n) is 5.34. The SMILES string of the molecule is CC(C)=CC(O)N1CCCCC1C(=O)O. The van der Waals surface area contributed by atoms with Crippen LogP contribution in [0.3, 0.4) is 0 Å². The number of nitrogens with zero attached hydrogens (tertiary/aromatic N) is 1. The summed E-state index contributed by atoms with van der Waals surface area (Å²) in [5.41, 5.74) is 0.997. The van der Waals surface area contributed by atoms with Gasteiger partial charge in [0.1, 0.15) is 12.3 Å². The van der Waals surface area contributed by atoms with Gasteiger partial charge in [-0.2, -0.15) is 0 Å². The Labute approximate surface area is 90.2 Å². The lowest BCUT2D eigenvalue weighted by Gasteiger charge is -2.35. The van der Waals surface area contributed by atoms with Crippen LogP contribution in [-0.4, -0.2) is 39.9 Å². The Morgan fingerprint density at radius 1 is 1.47 bits per heavy atom. The molecule has 0 aromatic carbocycles. The number of hydrogen-bond acceptors (Lipinski definition) is 3. The van der Waals surface area contributed by atoms with Crippen LogP contribution < -0.4 is 0 Å². The normalized spacial score (nSPS) is 24.6. The molecular weight excluding hydrogens is 194 g/mol. The molecule has 0 aromatic heterocycles. The van der Waals surface area contributed by atoms with Crippen LogP contribution in [0.5, 0.6) is 0 Å². The molecule has 4 heteroatoms. The number of allylic oxidation sites excluding steroid dienone is 1. The molecule has 1 saturated heterocycles. The van der Waals surface area contributed by atoms with Crippen molar-refractivity contribution in [3.05, 3.63) is 11.6 Å². The van der Waals surface area contributed by atoms with E-state index in [0.717, 1.165) is 18.4 Å². The zero-order valence-electron chi connectivity index (χ0n) is 9.31. The number of aliphatic hydroxyl groups is 1. The Balaban J connectivity index is 2.71. The van der Waals surface area contributed by atoms with E-state index in [2.05, 4.69) is 0 Å². The van der Waals surface area contributed by atoms with E-state index in [1.807, 2.05) is 13.8 Å². The van der Waals surface area contributed by atoms with Crippen LogP contribution >= 0.6 is 0 Å². The summed E-state index contributed by atoms with van der Waals surface area (Å²) in [5, 5.41) is 18.9. The van der Waals surface area contributed by atoms with E-state index in [4.69, 9.17) is 5.11 Å². The first kappa shape index (κ1) is 12.2. The molecule has 4 nitrogen and oxygen atoms in total. The molecule has 2 atom stereocenters. The van der Waals surface area contributed by atoms with Gasteiger partial charge >= 0.3 is 5.97 Å². The van der Waals surface area contributed by atoms with Gasteiger partial charge in [-0.15, -0.1) is 0 Å². The summed E-state index contributed by atoms with van der Waals surface area (Å²) in [6, 6.07) is -0.538. The number of carbonyl (C=O) groups is 1. The molecule has 1 aliphatic heterocycles. The predicted molar refractivity (Wildman–Crippen MR) is 57.4 cm³/mol. The van der Waals surface area contributed by atoms with Gasteiger partial charge in [0, 0.05) is 6.54 Å². The minimum atomic E-state index is -0.837. The van der Waals surface area contributed by atoms with Crippen LogP contribution in [0, 0.1) is 0 Å². The summed E-state index contributed by atoms with van der Waals surface area (Å²) in [6.07, 6.45) is 3.44. The third-order valence-electron chi connectivity index (χ3n) is 2.65. The highest BCUT2D eigenvalue weighted by Crippen LogP contribution is 2.19. The first-order valence-corrected chi connectivity index (χ1v) is 5.34. The second kappa shape index (κ2) is 5.28. The van der Waals surface area contributed by atoms with Crippen molar-refractivity contribution in [1.82, 2.24) is 4.90 Å². The van der Waals surface area contributed by atoms with Gasteiger partial charge in [0.25, 0.3) is 0 Å². The van der Waals surface area contributed by atoms with Crippen LogP contribution in [0.2, 0.25) is 0 Å². The van der Waals surface area contributed by atoms with Gasteiger partial charge in [-0.05, 0) is 32.8 Å². The minimum Gasteiger partial charge on any atom is -0.480 e. The molecule has 86 valence electrons. The fraction of sp³-hybridized carbons (Fsp3) is 0.727. The summed E-state index contributed by atoms with van der Waals surface area (Å²) in [7, 11) is 0. The Morgan fingerprint density at radius 3 is 2.67 bits per heavy atom. The number of aliphatic carboxylic acids is 1. The molecule has 15 heavy (non-hydrogen) atoms. The summed E-state index contributed by atoms with van der Waals surface area (Å²) >= 11 is 0. The van der Waals surface area contributed by atoms with E-state index in [1.165, 1.54) is 0 Å². The van der Waals surface area contributed by atoms with Gasteiger partial charge in [-0.1, -0.05) is 12.0 Å². The third kappa shape index (κ3) is 3.32. The molecular formula is C11H19NO3. The molecule has 0 spiro atoms. The molecule has 0 bridgehead atoms. The molecule has 0 aromatic rings. The molecule has 0 saturated carbocycles. The first-order chi connectivity index (χ1) is 7.02. The maximum Gasteiger partial charge on any atom is 0.321 e. The van der Waals surface area contributed by atoms with Crippen LogP contribution in [-0.2, 0) is 4.79 Å². The van der Waals surface area contributed by atoms with E-state index < -0.39 is 18.2 Å². The Hall–Kier alpha value is -0.870. The quantitative estimate of drug-likeness (QED) is 0.692. The molecule has 0 radical (unpaired) electrons. The zero-order valence-corrected chi connectivity index (χ0v) is 9.31. The third-order valence-corrected chi connectivity index (χ3v) is 2.65. The Kier molecular flexibility index (Phi) is 4.29. The largest absolute Gasteiger partial charge is 0.480 e. The zero-order chi connectivity index (χ0) is 11.4. The fourth-order valence-corrected chi connectivity index (χ4v) is 1.93. The van der Waals surface area contributed by atoms with Crippen molar-refractivity contribution in [3.63, 3.8) is 0 Å². The van der Waals surface area contributed by atoms with E-state index in [0.29, 0.717) is 13.0 Å². The van der Waals surface area contributed by atoms with Gasteiger partial charge in [-0.3, -0.25) is 9.69 Å². The van der Waals surface area contributed by atoms with Gasteiger partial charge in [0.05, 0.1) is 0 Å².